The van der Waals surface area contributed by atoms with Crippen molar-refractivity contribution >= 4 is 5.91 Å². The van der Waals surface area contributed by atoms with E-state index in [0.29, 0.717) is 5.92 Å². The Morgan fingerprint density at radius 2 is 1.81 bits per heavy atom. The van der Waals surface area contributed by atoms with Gasteiger partial charge in [0.1, 0.15) is 0 Å². The second-order valence-corrected chi connectivity index (χ2v) is 5.72. The molecule has 1 amide bonds. The number of carbonyl (C=O) groups is 1. The van der Waals surface area contributed by atoms with Gasteiger partial charge in [0, 0.05) is 13.1 Å². The molecule has 0 aromatic rings. The summed E-state index contributed by atoms with van der Waals surface area (Å²) in [5, 5.41) is 0. The molecule has 3 fully saturated rings. The summed E-state index contributed by atoms with van der Waals surface area (Å²) in [6.45, 7) is 3.38. The molecular formula is C12H20N2O2. The summed E-state index contributed by atoms with van der Waals surface area (Å²) in [5.41, 5.74) is 5.53. The van der Waals surface area contributed by atoms with E-state index in [0.717, 1.165) is 38.8 Å². The molecule has 0 aromatic carbocycles. The van der Waals surface area contributed by atoms with Crippen molar-refractivity contribution in [1.82, 2.24) is 4.90 Å². The van der Waals surface area contributed by atoms with Crippen molar-refractivity contribution in [3.63, 3.8) is 0 Å². The summed E-state index contributed by atoms with van der Waals surface area (Å²) < 4.78 is 5.73. The third-order valence-corrected chi connectivity index (χ3v) is 4.22. The summed E-state index contributed by atoms with van der Waals surface area (Å²) in [4.78, 5) is 14.3. The quantitative estimate of drug-likeness (QED) is 0.743. The molecule has 4 heteroatoms. The molecule has 0 aromatic heterocycles. The Bertz CT molecular complexity index is 300. The number of ether oxygens (including phenoxy) is 1. The van der Waals surface area contributed by atoms with Crippen molar-refractivity contribution < 1.29 is 9.53 Å². The average molecular weight is 224 g/mol. The zero-order valence-electron chi connectivity index (χ0n) is 9.82. The van der Waals surface area contributed by atoms with Crippen LogP contribution in [0, 0.1) is 5.92 Å². The molecular weight excluding hydrogens is 204 g/mol. The largest absolute Gasteiger partial charge is 0.371 e. The predicted octanol–water partition coefficient (Wildman–Crippen LogP) is 0.504. The van der Waals surface area contributed by atoms with Crippen molar-refractivity contribution in [3.05, 3.63) is 0 Å². The molecule has 3 rings (SSSR count). The van der Waals surface area contributed by atoms with Gasteiger partial charge in [-0.25, -0.2) is 0 Å². The average Bonchev–Trinajstić information content (AvgIpc) is 3.05. The lowest BCUT2D eigenvalue weighted by molar-refractivity contribution is -0.145. The fraction of sp³-hybridized carbons (Fsp3) is 0.917. The van der Waals surface area contributed by atoms with Crippen molar-refractivity contribution in [2.24, 2.45) is 11.7 Å². The molecule has 2 bridgehead atoms. The number of nitrogens with zero attached hydrogens (tertiary/aromatic N) is 1. The minimum absolute atomic E-state index is 0.134. The Kier molecular flexibility index (Phi) is 2.27. The number of fused-ring (bicyclic) bond motifs is 2. The number of nitrogens with two attached hydrogens (primary N) is 1. The van der Waals surface area contributed by atoms with Gasteiger partial charge in [0.15, 0.2) is 0 Å². The molecule has 1 saturated carbocycles. The van der Waals surface area contributed by atoms with Crippen LogP contribution < -0.4 is 5.73 Å². The minimum atomic E-state index is -0.642. The van der Waals surface area contributed by atoms with Crippen LogP contribution in [0.3, 0.4) is 0 Å². The molecule has 3 atom stereocenters. The molecule has 2 N–H and O–H groups in total. The summed E-state index contributed by atoms with van der Waals surface area (Å²) in [5.74, 6) is 0.538. The molecule has 0 spiro atoms. The number of rotatable bonds is 2. The number of morpholine rings is 1. The van der Waals surface area contributed by atoms with E-state index in [1.54, 1.807) is 0 Å². The maximum atomic E-state index is 12.4. The molecule has 2 saturated heterocycles. The summed E-state index contributed by atoms with van der Waals surface area (Å²) in [7, 11) is 0. The molecule has 2 heterocycles. The van der Waals surface area contributed by atoms with E-state index in [-0.39, 0.29) is 18.1 Å². The molecule has 0 radical (unpaired) electrons. The Balaban J connectivity index is 1.70. The van der Waals surface area contributed by atoms with E-state index in [2.05, 4.69) is 0 Å². The van der Waals surface area contributed by atoms with Crippen molar-refractivity contribution in [2.75, 3.05) is 13.1 Å². The van der Waals surface area contributed by atoms with Gasteiger partial charge in [-0.15, -0.1) is 0 Å². The second-order valence-electron chi connectivity index (χ2n) is 5.72. The fourth-order valence-electron chi connectivity index (χ4n) is 2.98. The first-order valence-electron chi connectivity index (χ1n) is 6.31. The van der Waals surface area contributed by atoms with Crippen LogP contribution in [0.5, 0.6) is 0 Å². The molecule has 4 nitrogen and oxygen atoms in total. The fourth-order valence-corrected chi connectivity index (χ4v) is 2.98. The molecule has 1 aliphatic carbocycles. The lowest BCUT2D eigenvalue weighted by Gasteiger charge is -2.37. The molecule has 2 aliphatic heterocycles. The highest BCUT2D eigenvalue weighted by atomic mass is 16.5. The highest BCUT2D eigenvalue weighted by Gasteiger charge is 2.48. The van der Waals surface area contributed by atoms with E-state index in [1.165, 1.54) is 0 Å². The monoisotopic (exact) mass is 224 g/mol. The zero-order valence-corrected chi connectivity index (χ0v) is 9.82. The van der Waals surface area contributed by atoms with Crippen LogP contribution in [0.4, 0.5) is 0 Å². The van der Waals surface area contributed by atoms with E-state index in [1.807, 2.05) is 11.8 Å². The molecule has 3 aliphatic rings. The first kappa shape index (κ1) is 10.5. The Labute approximate surface area is 96.1 Å². The van der Waals surface area contributed by atoms with Crippen LogP contribution in [0.25, 0.3) is 0 Å². The van der Waals surface area contributed by atoms with E-state index in [4.69, 9.17) is 10.5 Å². The van der Waals surface area contributed by atoms with Gasteiger partial charge in [0.2, 0.25) is 5.91 Å². The Morgan fingerprint density at radius 1 is 1.25 bits per heavy atom. The van der Waals surface area contributed by atoms with Gasteiger partial charge in [-0.3, -0.25) is 4.79 Å². The lowest BCUT2D eigenvalue weighted by atomic mass is 9.95. The van der Waals surface area contributed by atoms with Crippen LogP contribution >= 0.6 is 0 Å². The van der Waals surface area contributed by atoms with Crippen LogP contribution in [0.15, 0.2) is 0 Å². The number of hydrogen-bond acceptors (Lipinski definition) is 3. The highest BCUT2D eigenvalue weighted by Crippen LogP contribution is 2.39. The molecule has 3 unspecified atom stereocenters. The highest BCUT2D eigenvalue weighted by molar-refractivity contribution is 5.86. The summed E-state index contributed by atoms with van der Waals surface area (Å²) in [6.07, 6.45) is 4.93. The molecule has 16 heavy (non-hydrogen) atoms. The second kappa shape index (κ2) is 3.44. The number of hydrogen-bond donors (Lipinski definition) is 1. The zero-order chi connectivity index (χ0) is 11.3. The van der Waals surface area contributed by atoms with E-state index in [9.17, 15) is 4.79 Å². The number of likely N-dealkylation sites (tertiary alicyclic amines) is 1. The topological polar surface area (TPSA) is 55.6 Å². The van der Waals surface area contributed by atoms with Crippen LogP contribution in [-0.4, -0.2) is 41.6 Å². The third kappa shape index (κ3) is 1.64. The standard InChI is InChI=1S/C12H20N2O2/c1-12(13,8-2-3-8)11(15)14-6-9-4-5-10(7-14)16-9/h8-10H,2-7,13H2,1H3. The van der Waals surface area contributed by atoms with Gasteiger partial charge in [-0.05, 0) is 38.5 Å². The van der Waals surface area contributed by atoms with Crippen molar-refractivity contribution in [2.45, 2.75) is 50.4 Å². The van der Waals surface area contributed by atoms with E-state index >= 15 is 0 Å². The van der Waals surface area contributed by atoms with Gasteiger partial charge < -0.3 is 15.4 Å². The Morgan fingerprint density at radius 3 is 2.31 bits per heavy atom. The molecule has 90 valence electrons. The minimum Gasteiger partial charge on any atom is -0.371 e. The van der Waals surface area contributed by atoms with E-state index < -0.39 is 5.54 Å². The van der Waals surface area contributed by atoms with Gasteiger partial charge in [0.05, 0.1) is 17.7 Å². The van der Waals surface area contributed by atoms with Crippen LogP contribution in [0.1, 0.15) is 32.6 Å². The van der Waals surface area contributed by atoms with Gasteiger partial charge in [-0.1, -0.05) is 0 Å². The van der Waals surface area contributed by atoms with Crippen LogP contribution in [0.2, 0.25) is 0 Å². The maximum absolute atomic E-state index is 12.4. The van der Waals surface area contributed by atoms with Crippen molar-refractivity contribution in [3.8, 4) is 0 Å². The number of carbonyl (C=O) groups excluding carboxylic acids is 1. The Hall–Kier alpha value is -0.610. The first-order valence-corrected chi connectivity index (χ1v) is 6.31. The summed E-state index contributed by atoms with van der Waals surface area (Å²) >= 11 is 0. The first-order chi connectivity index (χ1) is 7.57. The van der Waals surface area contributed by atoms with Crippen molar-refractivity contribution in [1.29, 1.82) is 0 Å². The third-order valence-electron chi connectivity index (χ3n) is 4.22. The predicted molar refractivity (Wildman–Crippen MR) is 59.8 cm³/mol. The number of amides is 1. The lowest BCUT2D eigenvalue weighted by Crippen LogP contribution is -2.58. The van der Waals surface area contributed by atoms with Crippen LogP contribution in [-0.2, 0) is 9.53 Å². The van der Waals surface area contributed by atoms with Gasteiger partial charge in [-0.2, -0.15) is 0 Å². The summed E-state index contributed by atoms with van der Waals surface area (Å²) in [6, 6.07) is 0. The SMILES string of the molecule is CC(N)(C(=O)N1CC2CCC(C1)O2)C1CC1. The van der Waals surface area contributed by atoms with Gasteiger partial charge in [0.25, 0.3) is 0 Å². The smallest absolute Gasteiger partial charge is 0.242 e. The van der Waals surface area contributed by atoms with Gasteiger partial charge >= 0.3 is 0 Å². The maximum Gasteiger partial charge on any atom is 0.242 e. The normalized spacial score (nSPS) is 37.2.